The number of aromatic hydroxyl groups is 1. The highest BCUT2D eigenvalue weighted by atomic mass is 35.5. The summed E-state index contributed by atoms with van der Waals surface area (Å²) in [6, 6.07) is 13.3. The molecule has 0 bridgehead atoms. The Labute approximate surface area is 168 Å². The van der Waals surface area contributed by atoms with Crippen LogP contribution in [-0.4, -0.2) is 31.2 Å². The predicted octanol–water partition coefficient (Wildman–Crippen LogP) is 1.65. The van der Waals surface area contributed by atoms with Crippen LogP contribution in [0.5, 0.6) is 5.75 Å². The van der Waals surface area contributed by atoms with Gasteiger partial charge in [-0.25, -0.2) is 0 Å². The van der Waals surface area contributed by atoms with Gasteiger partial charge in [-0.05, 0) is 29.7 Å². The lowest BCUT2D eigenvalue weighted by atomic mass is 10.1. The van der Waals surface area contributed by atoms with Crippen molar-refractivity contribution in [3.05, 3.63) is 58.6 Å². The van der Waals surface area contributed by atoms with Gasteiger partial charge in [0.15, 0.2) is 0 Å². The van der Waals surface area contributed by atoms with Crippen LogP contribution >= 0.6 is 0 Å². The number of rotatable bonds is 4. The maximum atomic E-state index is 10.8. The van der Waals surface area contributed by atoms with Crippen molar-refractivity contribution in [2.45, 2.75) is 0 Å². The summed E-state index contributed by atoms with van der Waals surface area (Å²) < 4.78 is 0.609. The maximum Gasteiger partial charge on any atom is 0.271 e. The summed E-state index contributed by atoms with van der Waals surface area (Å²) in [5, 5.41) is 31.0. The summed E-state index contributed by atoms with van der Waals surface area (Å²) in [7, 11) is 6.13. The number of quaternary nitrogens is 1. The first kappa shape index (κ1) is 21.1. The average Bonchev–Trinajstić information content (AvgIpc) is 2.60. The van der Waals surface area contributed by atoms with Crippen LogP contribution in [0.3, 0.4) is 0 Å². The monoisotopic (exact) mass is 401 g/mol. The minimum Gasteiger partial charge on any atom is -1.00 e. The van der Waals surface area contributed by atoms with Crippen LogP contribution in [0.15, 0.2) is 58.8 Å². The van der Waals surface area contributed by atoms with Gasteiger partial charge in [0.25, 0.3) is 5.69 Å². The number of halogens is 1. The Hall–Kier alpha value is -3.23. The maximum absolute atomic E-state index is 10.8. The number of nitrogens with two attached hydrogens (primary N) is 1. The van der Waals surface area contributed by atoms with Crippen molar-refractivity contribution in [1.82, 2.24) is 4.48 Å². The first-order valence-electron chi connectivity index (χ1n) is 8.20. The molecule has 0 heterocycles. The smallest absolute Gasteiger partial charge is 0.271 e. The average molecular weight is 402 g/mol. The Morgan fingerprint density at radius 3 is 2.32 bits per heavy atom. The molecular weight excluding hydrogens is 382 g/mol. The third-order valence-corrected chi connectivity index (χ3v) is 4.21. The van der Waals surface area contributed by atoms with E-state index in [0.717, 1.165) is 16.5 Å². The summed E-state index contributed by atoms with van der Waals surface area (Å²) in [4.78, 5) is 10.3. The Morgan fingerprint density at radius 1 is 1.04 bits per heavy atom. The van der Waals surface area contributed by atoms with Crippen LogP contribution < -0.4 is 22.6 Å². The Balaban J connectivity index is 0.00000280. The molecule has 28 heavy (non-hydrogen) atoms. The Kier molecular flexibility index (Phi) is 5.86. The first-order valence-corrected chi connectivity index (χ1v) is 8.20. The quantitative estimate of drug-likeness (QED) is 0.227. The molecule has 3 rings (SSSR count). The minimum absolute atomic E-state index is 0. The minimum atomic E-state index is -0.528. The molecule has 0 saturated carbocycles. The molecule has 0 aliphatic rings. The molecular formula is C19H20ClN5O3. The molecule has 0 aliphatic heterocycles. The van der Waals surface area contributed by atoms with Crippen molar-refractivity contribution in [2.75, 3.05) is 26.9 Å². The number of phenols is 1. The number of phenolic OH excluding ortho intramolecular Hbond substituents is 1. The zero-order valence-electron chi connectivity index (χ0n) is 15.6. The number of non-ortho nitro benzene ring substituents is 1. The number of nitro groups is 1. The van der Waals surface area contributed by atoms with Gasteiger partial charge in [0.2, 0.25) is 0 Å². The molecule has 0 saturated heterocycles. The van der Waals surface area contributed by atoms with E-state index < -0.39 is 4.92 Å². The summed E-state index contributed by atoms with van der Waals surface area (Å²) in [6.07, 6.45) is 0. The van der Waals surface area contributed by atoms with Crippen LogP contribution in [0.1, 0.15) is 0 Å². The van der Waals surface area contributed by atoms with E-state index in [2.05, 4.69) is 10.2 Å². The molecule has 3 aromatic rings. The van der Waals surface area contributed by atoms with Crippen LogP contribution in [0.4, 0.5) is 28.4 Å². The number of nitrogens with zero attached hydrogens (tertiary/aromatic N) is 4. The van der Waals surface area contributed by atoms with Crippen LogP contribution in [0, 0.1) is 10.1 Å². The number of azo groups is 1. The second-order valence-electron chi connectivity index (χ2n) is 7.05. The molecule has 0 amide bonds. The van der Waals surface area contributed by atoms with Gasteiger partial charge < -0.3 is 23.2 Å². The lowest BCUT2D eigenvalue weighted by Crippen LogP contribution is -3.00. The summed E-state index contributed by atoms with van der Waals surface area (Å²) in [6.45, 7) is 0. The second-order valence-corrected chi connectivity index (χ2v) is 7.05. The van der Waals surface area contributed by atoms with E-state index in [9.17, 15) is 15.2 Å². The van der Waals surface area contributed by atoms with Crippen LogP contribution in [-0.2, 0) is 0 Å². The zero-order chi connectivity index (χ0) is 19.8. The van der Waals surface area contributed by atoms with E-state index in [0.29, 0.717) is 15.9 Å². The predicted molar refractivity (Wildman–Crippen MR) is 107 cm³/mol. The number of nitrogen functional groups attached to an aromatic ring is 1. The number of nitro benzene ring substituents is 1. The summed E-state index contributed by atoms with van der Waals surface area (Å²) in [5.74, 6) is -0.00899. The van der Waals surface area contributed by atoms with Gasteiger partial charge in [0, 0.05) is 23.6 Å². The fourth-order valence-corrected chi connectivity index (χ4v) is 2.65. The number of fused-ring (bicyclic) bond motifs is 1. The number of hydrogen-bond donors (Lipinski definition) is 2. The van der Waals surface area contributed by atoms with Crippen LogP contribution in [0.25, 0.3) is 10.8 Å². The van der Waals surface area contributed by atoms with Crippen LogP contribution in [0.2, 0.25) is 0 Å². The normalized spacial score (nSPS) is 11.5. The summed E-state index contributed by atoms with van der Waals surface area (Å²) >= 11 is 0. The van der Waals surface area contributed by atoms with Gasteiger partial charge in [-0.15, -0.1) is 10.2 Å². The second kappa shape index (κ2) is 7.79. The Morgan fingerprint density at radius 2 is 1.71 bits per heavy atom. The standard InChI is InChI=1S/C19H19N5O3.ClH/c1-24(2,3)14-7-4-12-5-9-18(25)19(15(12)11-14)22-21-17-8-6-13(23(26)27)10-16(17)20;/h4-11H,1-3H3,(H2-,20,21,22,25);1H. The number of benzene rings is 3. The van der Waals surface area contributed by atoms with Crippen molar-refractivity contribution in [1.29, 1.82) is 0 Å². The van der Waals surface area contributed by atoms with Crippen molar-refractivity contribution in [3.63, 3.8) is 0 Å². The third-order valence-electron chi connectivity index (χ3n) is 4.21. The van der Waals surface area contributed by atoms with Gasteiger partial charge in [-0.3, -0.25) is 14.6 Å². The largest absolute Gasteiger partial charge is 1.00 e. The molecule has 0 aliphatic carbocycles. The topological polar surface area (TPSA) is 114 Å². The fourth-order valence-electron chi connectivity index (χ4n) is 2.65. The lowest BCUT2D eigenvalue weighted by Gasteiger charge is -2.23. The zero-order valence-corrected chi connectivity index (χ0v) is 16.4. The highest BCUT2D eigenvalue weighted by molar-refractivity contribution is 5.97. The van der Waals surface area contributed by atoms with Gasteiger partial charge in [-0.1, -0.05) is 6.07 Å². The van der Waals surface area contributed by atoms with Gasteiger partial charge >= 0.3 is 0 Å². The van der Waals surface area contributed by atoms with E-state index in [4.69, 9.17) is 5.73 Å². The molecule has 9 heteroatoms. The van der Waals surface area contributed by atoms with E-state index in [1.165, 1.54) is 18.2 Å². The molecule has 8 nitrogen and oxygen atoms in total. The van der Waals surface area contributed by atoms with Gasteiger partial charge in [0.05, 0.1) is 31.8 Å². The number of hydrogen-bond acceptors (Lipinski definition) is 6. The molecule has 0 aromatic heterocycles. The Bertz CT molecular complexity index is 1080. The van der Waals surface area contributed by atoms with Gasteiger partial charge in [0.1, 0.15) is 22.8 Å². The third kappa shape index (κ3) is 4.19. The highest BCUT2D eigenvalue weighted by Crippen LogP contribution is 2.39. The highest BCUT2D eigenvalue weighted by Gasteiger charge is 2.15. The fraction of sp³-hybridized carbons (Fsp3) is 0.158. The van der Waals surface area contributed by atoms with E-state index >= 15 is 0 Å². The molecule has 3 aromatic carbocycles. The molecule has 0 unspecified atom stereocenters. The lowest BCUT2D eigenvalue weighted by molar-refractivity contribution is -0.384. The molecule has 0 fully saturated rings. The molecule has 146 valence electrons. The van der Waals surface area contributed by atoms with E-state index in [-0.39, 0.29) is 29.5 Å². The molecule has 0 atom stereocenters. The first-order chi connectivity index (χ1) is 12.7. The van der Waals surface area contributed by atoms with E-state index in [1.807, 2.05) is 45.4 Å². The van der Waals surface area contributed by atoms with Crippen molar-refractivity contribution in [2.24, 2.45) is 10.2 Å². The van der Waals surface area contributed by atoms with Crippen molar-refractivity contribution < 1.29 is 22.4 Å². The molecule has 0 radical (unpaired) electrons. The molecule has 0 spiro atoms. The van der Waals surface area contributed by atoms with Crippen molar-refractivity contribution >= 4 is 39.2 Å². The van der Waals surface area contributed by atoms with Crippen molar-refractivity contribution in [3.8, 4) is 5.75 Å². The molecule has 3 N–H and O–H groups in total. The van der Waals surface area contributed by atoms with Gasteiger partial charge in [-0.2, -0.15) is 0 Å². The SMILES string of the molecule is C[N+](C)(C)c1ccc2ccc(O)c(N=Nc3ccc([N+](=O)[O-])cc3N)c2c1.[Cl-]. The summed E-state index contributed by atoms with van der Waals surface area (Å²) in [5.41, 5.74) is 7.50. The number of anilines is 1. The van der Waals surface area contributed by atoms with E-state index in [1.54, 1.807) is 6.07 Å².